The Kier molecular flexibility index (Phi) is 7.99. The maximum absolute atomic E-state index is 2.49. The molecule has 0 saturated carbocycles. The van der Waals surface area contributed by atoms with Gasteiger partial charge in [-0.15, -0.1) is 11.8 Å². The standard InChI is InChI=1S/C23H31N2S.BrH/c1-17(2)19-10-8-11-20(18(3)4)23(19)25-15-9-14-24(16-25)21-12-6-7-13-22(21)26-5;/h6-8,10-13,16-18H,9,14-15H2,1-5H3;1H/q+1;/p-1. The van der Waals surface area contributed by atoms with Crippen LogP contribution in [0.3, 0.4) is 0 Å². The molecule has 0 N–H and O–H groups in total. The quantitative estimate of drug-likeness (QED) is 0.513. The van der Waals surface area contributed by atoms with Crippen molar-refractivity contribution in [3.63, 3.8) is 0 Å². The minimum Gasteiger partial charge on any atom is -1.00 e. The molecule has 2 nitrogen and oxygen atoms in total. The fourth-order valence-electron chi connectivity index (χ4n) is 3.76. The van der Waals surface area contributed by atoms with Crippen molar-refractivity contribution >= 4 is 29.5 Å². The summed E-state index contributed by atoms with van der Waals surface area (Å²) in [5.41, 5.74) is 5.64. The molecular formula is C23H31BrN2S. The summed E-state index contributed by atoms with van der Waals surface area (Å²) in [6, 6.07) is 15.5. The van der Waals surface area contributed by atoms with Crippen LogP contribution >= 0.6 is 11.8 Å². The van der Waals surface area contributed by atoms with Crippen LogP contribution in [0.2, 0.25) is 0 Å². The maximum Gasteiger partial charge on any atom is 0.244 e. The number of thioether (sulfide) groups is 1. The molecule has 0 saturated heterocycles. The Balaban J connectivity index is 0.00000261. The Morgan fingerprint density at radius 2 is 1.56 bits per heavy atom. The van der Waals surface area contributed by atoms with E-state index in [0.29, 0.717) is 11.8 Å². The highest BCUT2D eigenvalue weighted by molar-refractivity contribution is 7.98. The van der Waals surface area contributed by atoms with Crippen LogP contribution in [0, 0.1) is 0 Å². The number of halogens is 1. The largest absolute Gasteiger partial charge is 1.00 e. The molecule has 0 atom stereocenters. The van der Waals surface area contributed by atoms with Gasteiger partial charge < -0.3 is 17.0 Å². The third kappa shape index (κ3) is 4.78. The van der Waals surface area contributed by atoms with Crippen LogP contribution in [0.15, 0.2) is 47.4 Å². The van der Waals surface area contributed by atoms with Gasteiger partial charge in [0.25, 0.3) is 0 Å². The molecule has 146 valence electrons. The molecule has 0 unspecified atom stereocenters. The first-order chi connectivity index (χ1) is 12.5. The summed E-state index contributed by atoms with van der Waals surface area (Å²) >= 11 is 1.82. The number of para-hydroxylation sites is 2. The molecular weight excluding hydrogens is 416 g/mol. The van der Waals surface area contributed by atoms with Gasteiger partial charge in [-0.3, -0.25) is 0 Å². The molecule has 0 spiro atoms. The Hall–Kier alpha value is -1.26. The molecule has 3 rings (SSSR count). The van der Waals surface area contributed by atoms with Crippen LogP contribution in [0.25, 0.3) is 0 Å². The van der Waals surface area contributed by atoms with Crippen LogP contribution in [-0.4, -0.2) is 30.3 Å². The van der Waals surface area contributed by atoms with Crippen molar-refractivity contribution in [3.8, 4) is 0 Å². The van der Waals surface area contributed by atoms with E-state index < -0.39 is 0 Å². The van der Waals surface area contributed by atoms with E-state index in [1.807, 2.05) is 11.8 Å². The van der Waals surface area contributed by atoms with Gasteiger partial charge in [-0.05, 0) is 30.2 Å². The van der Waals surface area contributed by atoms with Crippen LogP contribution in [0.5, 0.6) is 0 Å². The highest BCUT2D eigenvalue weighted by Crippen LogP contribution is 2.36. The van der Waals surface area contributed by atoms with Gasteiger partial charge in [0.15, 0.2) is 0 Å². The van der Waals surface area contributed by atoms with E-state index in [1.165, 1.54) is 33.8 Å². The highest BCUT2D eigenvalue weighted by Gasteiger charge is 2.26. The van der Waals surface area contributed by atoms with Gasteiger partial charge in [0, 0.05) is 17.5 Å². The maximum atomic E-state index is 2.49. The van der Waals surface area contributed by atoms with Crippen molar-refractivity contribution in [2.45, 2.75) is 50.8 Å². The highest BCUT2D eigenvalue weighted by atomic mass is 79.9. The topological polar surface area (TPSA) is 6.25 Å². The molecule has 2 aromatic carbocycles. The van der Waals surface area contributed by atoms with Gasteiger partial charge in [0.05, 0.1) is 18.0 Å². The van der Waals surface area contributed by atoms with E-state index in [2.05, 4.69) is 92.2 Å². The lowest BCUT2D eigenvalue weighted by Crippen LogP contribution is -3.00. The third-order valence-electron chi connectivity index (χ3n) is 5.10. The number of benzene rings is 2. The average Bonchev–Trinajstić information content (AvgIpc) is 2.67. The third-order valence-corrected chi connectivity index (χ3v) is 5.89. The molecule has 0 aromatic heterocycles. The van der Waals surface area contributed by atoms with Crippen LogP contribution < -0.4 is 21.9 Å². The molecule has 0 aliphatic carbocycles. The zero-order valence-corrected chi connectivity index (χ0v) is 19.5. The Morgan fingerprint density at radius 3 is 2.15 bits per heavy atom. The van der Waals surface area contributed by atoms with E-state index in [-0.39, 0.29) is 17.0 Å². The van der Waals surface area contributed by atoms with Crippen molar-refractivity contribution in [1.29, 1.82) is 0 Å². The summed E-state index contributed by atoms with van der Waals surface area (Å²) < 4.78 is 2.49. The van der Waals surface area contributed by atoms with Crippen molar-refractivity contribution in [2.75, 3.05) is 24.2 Å². The lowest BCUT2D eigenvalue weighted by molar-refractivity contribution is -0.441. The number of rotatable bonds is 5. The first-order valence-corrected chi connectivity index (χ1v) is 10.9. The Morgan fingerprint density at radius 1 is 0.926 bits per heavy atom. The van der Waals surface area contributed by atoms with Crippen LogP contribution in [0.1, 0.15) is 57.1 Å². The second-order valence-electron chi connectivity index (χ2n) is 7.62. The average molecular weight is 447 g/mol. The van der Waals surface area contributed by atoms with Gasteiger partial charge in [0.1, 0.15) is 11.4 Å². The predicted octanol–water partition coefficient (Wildman–Crippen LogP) is 3.24. The van der Waals surface area contributed by atoms with Crippen molar-refractivity contribution in [1.82, 2.24) is 0 Å². The lowest BCUT2D eigenvalue weighted by Gasteiger charge is -2.25. The summed E-state index contributed by atoms with van der Waals surface area (Å²) in [4.78, 5) is 3.77. The number of hydrogen-bond acceptors (Lipinski definition) is 2. The molecule has 1 aliphatic rings. The van der Waals surface area contributed by atoms with E-state index in [9.17, 15) is 0 Å². The van der Waals surface area contributed by atoms with E-state index in [1.54, 1.807) is 0 Å². The molecule has 1 aliphatic heterocycles. The molecule has 2 aromatic rings. The molecule has 0 bridgehead atoms. The summed E-state index contributed by atoms with van der Waals surface area (Å²) in [6.45, 7) is 11.4. The second kappa shape index (κ2) is 9.79. The lowest BCUT2D eigenvalue weighted by atomic mass is 9.92. The molecule has 0 radical (unpaired) electrons. The normalized spacial score (nSPS) is 14.3. The van der Waals surface area contributed by atoms with Gasteiger partial charge in [0.2, 0.25) is 6.34 Å². The van der Waals surface area contributed by atoms with Gasteiger partial charge in [-0.1, -0.05) is 58.0 Å². The zero-order valence-electron chi connectivity index (χ0n) is 17.1. The minimum atomic E-state index is 0. The molecule has 0 fully saturated rings. The zero-order chi connectivity index (χ0) is 18.7. The Labute approximate surface area is 179 Å². The van der Waals surface area contributed by atoms with E-state index in [0.717, 1.165) is 13.1 Å². The SMILES string of the molecule is CSc1ccccc1N1C=[N+](c2c(C(C)C)cccc2C(C)C)CCC1.[Br-]. The minimum absolute atomic E-state index is 0. The van der Waals surface area contributed by atoms with Gasteiger partial charge in [-0.25, -0.2) is 9.48 Å². The monoisotopic (exact) mass is 446 g/mol. The number of nitrogens with zero attached hydrogens (tertiary/aromatic N) is 2. The molecule has 0 amide bonds. The van der Waals surface area contributed by atoms with Crippen LogP contribution in [0.4, 0.5) is 11.4 Å². The first-order valence-electron chi connectivity index (χ1n) is 9.67. The van der Waals surface area contributed by atoms with E-state index >= 15 is 0 Å². The number of anilines is 1. The summed E-state index contributed by atoms with van der Waals surface area (Å²) in [5.74, 6) is 1.04. The molecule has 1 heterocycles. The fourth-order valence-corrected chi connectivity index (χ4v) is 4.37. The number of hydrogen-bond donors (Lipinski definition) is 0. The van der Waals surface area contributed by atoms with Crippen molar-refractivity contribution in [2.24, 2.45) is 0 Å². The second-order valence-corrected chi connectivity index (χ2v) is 8.47. The summed E-state index contributed by atoms with van der Waals surface area (Å²) in [6.07, 6.45) is 5.67. The molecule has 27 heavy (non-hydrogen) atoms. The van der Waals surface area contributed by atoms with E-state index in [4.69, 9.17) is 0 Å². The summed E-state index contributed by atoms with van der Waals surface area (Å²) in [7, 11) is 0. The Bertz CT molecular complexity index is 772. The summed E-state index contributed by atoms with van der Waals surface area (Å²) in [5, 5.41) is 0. The van der Waals surface area contributed by atoms with Crippen molar-refractivity contribution in [3.05, 3.63) is 53.6 Å². The van der Waals surface area contributed by atoms with Crippen LogP contribution in [-0.2, 0) is 0 Å². The first kappa shape index (κ1) is 22.0. The van der Waals surface area contributed by atoms with Gasteiger partial charge in [-0.2, -0.15) is 0 Å². The van der Waals surface area contributed by atoms with Crippen molar-refractivity contribution < 1.29 is 21.6 Å². The fraction of sp³-hybridized carbons (Fsp3) is 0.435. The smallest absolute Gasteiger partial charge is 0.244 e. The van der Waals surface area contributed by atoms with Gasteiger partial charge >= 0.3 is 0 Å². The molecule has 4 heteroatoms. The predicted molar refractivity (Wildman–Crippen MR) is 116 cm³/mol.